The summed E-state index contributed by atoms with van der Waals surface area (Å²) >= 11 is 0. The van der Waals surface area contributed by atoms with E-state index in [9.17, 15) is 9.59 Å². The number of hydrogen-bond donors (Lipinski definition) is 0. The zero-order valence-corrected chi connectivity index (χ0v) is 16.8. The number of rotatable bonds is 8. The lowest BCUT2D eigenvalue weighted by molar-refractivity contribution is -0.138. The molecule has 0 saturated carbocycles. The highest BCUT2D eigenvalue weighted by Gasteiger charge is 2.41. The summed E-state index contributed by atoms with van der Waals surface area (Å²) in [6.45, 7) is 7.05. The monoisotopic (exact) mass is 388 g/mol. The molecule has 0 bridgehead atoms. The zero-order valence-electron chi connectivity index (χ0n) is 16.8. The second-order valence-electron chi connectivity index (χ2n) is 7.12. The van der Waals surface area contributed by atoms with Crippen LogP contribution in [0.15, 0.2) is 30.0 Å². The number of nitrogens with zero attached hydrogens (tertiary/aromatic N) is 2. The molecule has 2 amide bonds. The van der Waals surface area contributed by atoms with Crippen LogP contribution in [-0.4, -0.2) is 74.3 Å². The standard InChI is InChI=1S/C21H28N2O5/c1-15(2)28-17-7-5-16(6-8-17)18-19(22-10-13-27-14-11-22)21(25)23(20(18)24)9-4-12-26-3/h5-8,15H,4,9-14H2,1-3H3. The molecule has 0 aliphatic carbocycles. The molecule has 7 heteroatoms. The van der Waals surface area contributed by atoms with Crippen molar-refractivity contribution in [1.29, 1.82) is 0 Å². The van der Waals surface area contributed by atoms with Crippen molar-refractivity contribution in [2.75, 3.05) is 46.6 Å². The Labute approximate surface area is 165 Å². The minimum atomic E-state index is -0.250. The van der Waals surface area contributed by atoms with Gasteiger partial charge in [-0.05, 0) is 38.0 Å². The molecule has 1 fully saturated rings. The zero-order chi connectivity index (χ0) is 20.1. The summed E-state index contributed by atoms with van der Waals surface area (Å²) in [6.07, 6.45) is 0.679. The van der Waals surface area contributed by atoms with Crippen molar-refractivity contribution in [3.8, 4) is 5.75 Å². The van der Waals surface area contributed by atoms with E-state index >= 15 is 0 Å². The minimum absolute atomic E-state index is 0.0694. The van der Waals surface area contributed by atoms with Crippen LogP contribution in [0.3, 0.4) is 0 Å². The molecule has 1 saturated heterocycles. The number of morpholine rings is 1. The molecule has 28 heavy (non-hydrogen) atoms. The molecule has 1 aromatic rings. The highest BCUT2D eigenvalue weighted by molar-refractivity contribution is 6.35. The van der Waals surface area contributed by atoms with Crippen LogP contribution in [0, 0.1) is 0 Å². The van der Waals surface area contributed by atoms with Crippen LogP contribution in [0.25, 0.3) is 5.57 Å². The maximum Gasteiger partial charge on any atom is 0.277 e. The van der Waals surface area contributed by atoms with Crippen molar-refractivity contribution < 1.29 is 23.8 Å². The summed E-state index contributed by atoms with van der Waals surface area (Å²) in [7, 11) is 1.61. The third-order valence-electron chi connectivity index (χ3n) is 4.72. The SMILES string of the molecule is COCCCN1C(=O)C(c2ccc(OC(C)C)cc2)=C(N2CCOCC2)C1=O. The number of benzene rings is 1. The van der Waals surface area contributed by atoms with Crippen LogP contribution in [0.5, 0.6) is 5.75 Å². The van der Waals surface area contributed by atoms with Crippen molar-refractivity contribution in [2.24, 2.45) is 0 Å². The van der Waals surface area contributed by atoms with Gasteiger partial charge in [-0.25, -0.2) is 0 Å². The number of ether oxygens (including phenoxy) is 3. The van der Waals surface area contributed by atoms with Crippen molar-refractivity contribution in [2.45, 2.75) is 26.4 Å². The number of carbonyl (C=O) groups excluding carboxylic acids is 2. The lowest BCUT2D eigenvalue weighted by Gasteiger charge is -2.29. The summed E-state index contributed by atoms with van der Waals surface area (Å²) in [5.74, 6) is 0.252. The van der Waals surface area contributed by atoms with E-state index in [4.69, 9.17) is 14.2 Å². The number of hydrogen-bond acceptors (Lipinski definition) is 6. The normalized spacial score (nSPS) is 17.9. The summed E-state index contributed by atoms with van der Waals surface area (Å²) < 4.78 is 16.2. The fraction of sp³-hybridized carbons (Fsp3) is 0.524. The summed E-state index contributed by atoms with van der Waals surface area (Å²) in [6, 6.07) is 7.36. The van der Waals surface area contributed by atoms with Crippen LogP contribution in [-0.2, 0) is 19.1 Å². The Morgan fingerprint density at radius 1 is 1.07 bits per heavy atom. The molecule has 0 N–H and O–H groups in total. The molecule has 0 atom stereocenters. The first kappa shape index (κ1) is 20.4. The second kappa shape index (κ2) is 9.21. The van der Waals surface area contributed by atoms with E-state index in [1.165, 1.54) is 4.90 Å². The van der Waals surface area contributed by atoms with E-state index in [2.05, 4.69) is 0 Å². The van der Waals surface area contributed by atoms with Gasteiger partial charge in [0.1, 0.15) is 11.4 Å². The fourth-order valence-corrected chi connectivity index (χ4v) is 3.45. The lowest BCUT2D eigenvalue weighted by Crippen LogP contribution is -2.40. The average molecular weight is 388 g/mol. The van der Waals surface area contributed by atoms with Gasteiger partial charge in [0, 0.05) is 33.4 Å². The quantitative estimate of drug-likeness (QED) is 0.501. The Bertz CT molecular complexity index is 736. The summed E-state index contributed by atoms with van der Waals surface area (Å²) in [4.78, 5) is 29.5. The Balaban J connectivity index is 1.92. The Kier molecular flexibility index (Phi) is 6.70. The van der Waals surface area contributed by atoms with Gasteiger partial charge >= 0.3 is 0 Å². The van der Waals surface area contributed by atoms with E-state index < -0.39 is 0 Å². The fourth-order valence-electron chi connectivity index (χ4n) is 3.45. The molecule has 1 aromatic carbocycles. The largest absolute Gasteiger partial charge is 0.491 e. The van der Waals surface area contributed by atoms with Crippen molar-refractivity contribution in [3.63, 3.8) is 0 Å². The first-order chi connectivity index (χ1) is 13.5. The van der Waals surface area contributed by atoms with Crippen LogP contribution in [0.1, 0.15) is 25.8 Å². The van der Waals surface area contributed by atoms with Gasteiger partial charge in [0.2, 0.25) is 0 Å². The molecule has 0 unspecified atom stereocenters. The Hall–Kier alpha value is -2.38. The smallest absolute Gasteiger partial charge is 0.277 e. The molecule has 7 nitrogen and oxygen atoms in total. The number of amides is 2. The van der Waals surface area contributed by atoms with Crippen LogP contribution in [0.2, 0.25) is 0 Å². The highest BCUT2D eigenvalue weighted by Crippen LogP contribution is 2.33. The van der Waals surface area contributed by atoms with Gasteiger partial charge in [0.15, 0.2) is 0 Å². The van der Waals surface area contributed by atoms with Gasteiger partial charge in [-0.2, -0.15) is 0 Å². The second-order valence-corrected chi connectivity index (χ2v) is 7.12. The first-order valence-electron chi connectivity index (χ1n) is 9.72. The minimum Gasteiger partial charge on any atom is -0.491 e. The predicted molar refractivity (Wildman–Crippen MR) is 105 cm³/mol. The van der Waals surface area contributed by atoms with Crippen LogP contribution < -0.4 is 4.74 Å². The lowest BCUT2D eigenvalue weighted by atomic mass is 10.0. The van der Waals surface area contributed by atoms with Gasteiger partial charge in [0.25, 0.3) is 11.8 Å². The molecule has 2 aliphatic rings. The molecule has 3 rings (SSSR count). The predicted octanol–water partition coefficient (Wildman–Crippen LogP) is 1.92. The van der Waals surface area contributed by atoms with E-state index in [0.29, 0.717) is 57.1 Å². The van der Waals surface area contributed by atoms with E-state index in [1.54, 1.807) is 7.11 Å². The molecular formula is C21H28N2O5. The third-order valence-corrected chi connectivity index (χ3v) is 4.72. The van der Waals surface area contributed by atoms with E-state index in [0.717, 1.165) is 11.3 Å². The van der Waals surface area contributed by atoms with Crippen molar-refractivity contribution in [3.05, 3.63) is 35.5 Å². The molecule has 0 spiro atoms. The molecule has 0 radical (unpaired) electrons. The van der Waals surface area contributed by atoms with Crippen LogP contribution in [0.4, 0.5) is 0 Å². The van der Waals surface area contributed by atoms with Gasteiger partial charge in [0.05, 0.1) is 24.9 Å². The topological polar surface area (TPSA) is 68.3 Å². The summed E-state index contributed by atoms with van der Waals surface area (Å²) in [5.41, 5.74) is 1.66. The van der Waals surface area contributed by atoms with Gasteiger partial charge in [-0.15, -0.1) is 0 Å². The molecule has 0 aromatic heterocycles. The number of imide groups is 1. The van der Waals surface area contributed by atoms with E-state index in [-0.39, 0.29) is 17.9 Å². The first-order valence-corrected chi connectivity index (χ1v) is 9.72. The summed E-state index contributed by atoms with van der Waals surface area (Å²) in [5, 5.41) is 0. The Morgan fingerprint density at radius 2 is 1.75 bits per heavy atom. The Morgan fingerprint density at radius 3 is 2.36 bits per heavy atom. The number of methoxy groups -OCH3 is 1. The maximum absolute atomic E-state index is 13.1. The van der Waals surface area contributed by atoms with Crippen molar-refractivity contribution in [1.82, 2.24) is 9.80 Å². The maximum atomic E-state index is 13.1. The van der Waals surface area contributed by atoms with Gasteiger partial charge < -0.3 is 19.1 Å². The third kappa shape index (κ3) is 4.36. The average Bonchev–Trinajstić information content (AvgIpc) is 2.93. The van der Waals surface area contributed by atoms with E-state index in [1.807, 2.05) is 43.0 Å². The van der Waals surface area contributed by atoms with Gasteiger partial charge in [-0.1, -0.05) is 12.1 Å². The molecule has 2 heterocycles. The number of carbonyl (C=O) groups is 2. The van der Waals surface area contributed by atoms with Crippen molar-refractivity contribution >= 4 is 17.4 Å². The molecular weight excluding hydrogens is 360 g/mol. The highest BCUT2D eigenvalue weighted by atomic mass is 16.5. The molecule has 2 aliphatic heterocycles. The van der Waals surface area contributed by atoms with Crippen LogP contribution >= 0.6 is 0 Å². The van der Waals surface area contributed by atoms with Gasteiger partial charge in [-0.3, -0.25) is 14.5 Å². The molecule has 152 valence electrons.